The van der Waals surface area contributed by atoms with Crippen molar-refractivity contribution in [1.29, 1.82) is 0 Å². The lowest BCUT2D eigenvalue weighted by Gasteiger charge is -2.19. The summed E-state index contributed by atoms with van der Waals surface area (Å²) in [6.45, 7) is 8.48. The Kier molecular flexibility index (Phi) is 10.3. The maximum absolute atomic E-state index is 11.2. The molecular weight excluding hydrogens is 372 g/mol. The van der Waals surface area contributed by atoms with Gasteiger partial charge in [0.25, 0.3) is 5.91 Å². The van der Waals surface area contributed by atoms with Crippen LogP contribution in [0, 0.1) is 13.8 Å². The number of rotatable bonds is 6. The molecule has 1 heterocycles. The van der Waals surface area contributed by atoms with E-state index in [2.05, 4.69) is 20.5 Å². The van der Waals surface area contributed by atoms with Gasteiger partial charge in [0, 0.05) is 6.54 Å². The summed E-state index contributed by atoms with van der Waals surface area (Å²) in [5, 5.41) is 8.32. The highest BCUT2D eigenvalue weighted by molar-refractivity contribution is 5.94. The van der Waals surface area contributed by atoms with Crippen molar-refractivity contribution < 1.29 is 33.2 Å². The first kappa shape index (κ1) is 24.9. The number of alkyl carbamates (subject to hydrolysis) is 1. The smallest absolute Gasteiger partial charge is 0.408 e. The van der Waals surface area contributed by atoms with Crippen LogP contribution in [0.1, 0.15) is 49.0 Å². The number of nitrogens with zero attached hydrogens (tertiary/aromatic N) is 1. The van der Waals surface area contributed by atoms with Crippen LogP contribution in [-0.4, -0.2) is 54.8 Å². The van der Waals surface area contributed by atoms with E-state index in [0.29, 0.717) is 17.0 Å². The van der Waals surface area contributed by atoms with E-state index in [4.69, 9.17) is 15.0 Å². The number of nitrogens with one attached hydrogen (secondary N) is 2. The lowest BCUT2D eigenvalue weighted by Crippen LogP contribution is -2.40. The molecule has 0 unspecified atom stereocenters. The average molecular weight is 400 g/mol. The van der Waals surface area contributed by atoms with Gasteiger partial charge in [-0.25, -0.2) is 4.79 Å². The van der Waals surface area contributed by atoms with Crippen molar-refractivity contribution in [3.05, 3.63) is 17.0 Å². The molecule has 0 radical (unpaired) electrons. The predicted octanol–water partition coefficient (Wildman–Crippen LogP) is 0.581. The summed E-state index contributed by atoms with van der Waals surface area (Å²) in [5.74, 6) is -0.818. The van der Waals surface area contributed by atoms with Crippen LogP contribution in [0.15, 0.2) is 4.52 Å². The largest absolute Gasteiger partial charge is 0.469 e. The molecule has 0 aliphatic carbocycles. The van der Waals surface area contributed by atoms with Crippen LogP contribution in [0.3, 0.4) is 0 Å². The minimum absolute atomic E-state index is 0.0919. The van der Waals surface area contributed by atoms with Gasteiger partial charge in [-0.05, 0) is 34.6 Å². The van der Waals surface area contributed by atoms with Crippen molar-refractivity contribution in [1.82, 2.24) is 15.8 Å². The molecule has 11 heteroatoms. The Morgan fingerprint density at radius 1 is 1.14 bits per heavy atom. The number of methoxy groups -OCH3 is 1. The van der Waals surface area contributed by atoms with E-state index >= 15 is 0 Å². The molecule has 1 rings (SSSR count). The lowest BCUT2D eigenvalue weighted by atomic mass is 10.2. The maximum atomic E-state index is 11.2. The standard InChI is InChI=1S/C11H20N2O5.C6H8N2O2/c1-11(2,3)18-10(16)13-7-8(14)12-6-5-9(15)17-4;1-3-5(6(7)9)4(2)10-8-3/h5-7H2,1-4H3,(H,12,14)(H,13,16);1-2H3,(H2,7,9). The second-order valence-corrected chi connectivity index (χ2v) is 6.59. The summed E-state index contributed by atoms with van der Waals surface area (Å²) < 4.78 is 14.1. The highest BCUT2D eigenvalue weighted by atomic mass is 16.6. The third-order valence-corrected chi connectivity index (χ3v) is 2.95. The molecule has 28 heavy (non-hydrogen) atoms. The molecule has 4 N–H and O–H groups in total. The summed E-state index contributed by atoms with van der Waals surface area (Å²) in [7, 11) is 1.27. The number of esters is 1. The van der Waals surface area contributed by atoms with Gasteiger partial charge in [-0.3, -0.25) is 14.4 Å². The molecule has 0 atom stereocenters. The molecule has 0 saturated carbocycles. The predicted molar refractivity (Wildman–Crippen MR) is 98.4 cm³/mol. The van der Waals surface area contributed by atoms with Crippen LogP contribution >= 0.6 is 0 Å². The van der Waals surface area contributed by atoms with Gasteiger partial charge in [0.05, 0.1) is 25.8 Å². The van der Waals surface area contributed by atoms with Crippen molar-refractivity contribution in [3.8, 4) is 0 Å². The minimum atomic E-state index is -0.661. The maximum Gasteiger partial charge on any atom is 0.408 e. The summed E-state index contributed by atoms with van der Waals surface area (Å²) in [6.07, 6.45) is -0.570. The van der Waals surface area contributed by atoms with Crippen LogP contribution < -0.4 is 16.4 Å². The molecule has 0 aromatic carbocycles. The molecule has 0 bridgehead atoms. The number of aromatic nitrogens is 1. The monoisotopic (exact) mass is 400 g/mol. The molecule has 3 amide bonds. The fourth-order valence-electron chi connectivity index (χ4n) is 1.77. The summed E-state index contributed by atoms with van der Waals surface area (Å²) >= 11 is 0. The third-order valence-electron chi connectivity index (χ3n) is 2.95. The zero-order valence-electron chi connectivity index (χ0n) is 17.0. The summed E-state index contributed by atoms with van der Waals surface area (Å²) in [5.41, 5.74) is 5.35. The Labute approximate surface area is 163 Å². The van der Waals surface area contributed by atoms with Crippen LogP contribution in [0.4, 0.5) is 4.79 Å². The van der Waals surface area contributed by atoms with Crippen LogP contribution in [0.25, 0.3) is 0 Å². The first-order valence-corrected chi connectivity index (χ1v) is 8.40. The van der Waals surface area contributed by atoms with Crippen molar-refractivity contribution in [2.75, 3.05) is 20.2 Å². The van der Waals surface area contributed by atoms with Crippen molar-refractivity contribution in [2.45, 2.75) is 46.6 Å². The van der Waals surface area contributed by atoms with Crippen LogP contribution in [-0.2, 0) is 19.1 Å². The topological polar surface area (TPSA) is 163 Å². The minimum Gasteiger partial charge on any atom is -0.469 e. The van der Waals surface area contributed by atoms with E-state index in [0.717, 1.165) is 0 Å². The van der Waals surface area contributed by atoms with Gasteiger partial charge in [-0.1, -0.05) is 5.16 Å². The van der Waals surface area contributed by atoms with Crippen molar-refractivity contribution >= 4 is 23.9 Å². The number of hydrogen-bond donors (Lipinski definition) is 3. The van der Waals surface area contributed by atoms with Gasteiger partial charge in [0.2, 0.25) is 5.91 Å². The summed E-state index contributed by atoms with van der Waals surface area (Å²) in [4.78, 5) is 43.8. The molecular formula is C17H28N4O7. The number of primary amides is 1. The van der Waals surface area contributed by atoms with E-state index < -0.39 is 29.5 Å². The molecule has 1 aromatic rings. The number of hydrogen-bond acceptors (Lipinski definition) is 8. The Bertz CT molecular complexity index is 673. The molecule has 1 aromatic heterocycles. The zero-order chi connectivity index (χ0) is 21.9. The SMILES string of the molecule is COC(=O)CCNC(=O)CNC(=O)OC(C)(C)C.Cc1noc(C)c1C(N)=O. The number of amides is 3. The van der Waals surface area contributed by atoms with E-state index in [1.54, 1.807) is 34.6 Å². The lowest BCUT2D eigenvalue weighted by molar-refractivity contribution is -0.140. The first-order valence-electron chi connectivity index (χ1n) is 8.40. The number of carbonyl (C=O) groups excluding carboxylic acids is 4. The Morgan fingerprint density at radius 3 is 2.14 bits per heavy atom. The van der Waals surface area contributed by atoms with E-state index in [-0.39, 0.29) is 19.5 Å². The molecule has 0 spiro atoms. The Balaban J connectivity index is 0.000000609. The normalized spacial score (nSPS) is 10.2. The Morgan fingerprint density at radius 2 is 1.75 bits per heavy atom. The second kappa shape index (κ2) is 11.6. The fraction of sp³-hybridized carbons (Fsp3) is 0.588. The number of ether oxygens (including phenoxy) is 2. The molecule has 11 nitrogen and oxygen atoms in total. The average Bonchev–Trinajstić information content (AvgIpc) is 2.90. The quantitative estimate of drug-likeness (QED) is 0.584. The second-order valence-electron chi connectivity index (χ2n) is 6.59. The van der Waals surface area contributed by atoms with E-state index in [1.807, 2.05) is 0 Å². The van der Waals surface area contributed by atoms with Gasteiger partial charge in [-0.2, -0.15) is 0 Å². The highest BCUT2D eigenvalue weighted by Crippen LogP contribution is 2.10. The highest BCUT2D eigenvalue weighted by Gasteiger charge is 2.16. The fourth-order valence-corrected chi connectivity index (χ4v) is 1.77. The molecule has 158 valence electrons. The van der Waals surface area contributed by atoms with Gasteiger partial charge >= 0.3 is 12.1 Å². The van der Waals surface area contributed by atoms with Gasteiger partial charge in [0.1, 0.15) is 16.9 Å². The molecule has 0 aliphatic rings. The van der Waals surface area contributed by atoms with E-state index in [9.17, 15) is 19.2 Å². The first-order chi connectivity index (χ1) is 12.9. The van der Waals surface area contributed by atoms with Crippen molar-refractivity contribution in [2.24, 2.45) is 5.73 Å². The Hall–Kier alpha value is -3.11. The summed E-state index contributed by atoms with van der Waals surface area (Å²) in [6, 6.07) is 0. The third kappa shape index (κ3) is 10.8. The van der Waals surface area contributed by atoms with Crippen molar-refractivity contribution in [3.63, 3.8) is 0 Å². The van der Waals surface area contributed by atoms with Crippen LogP contribution in [0.5, 0.6) is 0 Å². The molecule has 0 aliphatic heterocycles. The van der Waals surface area contributed by atoms with Gasteiger partial charge < -0.3 is 30.4 Å². The number of aryl methyl sites for hydroxylation is 2. The number of carbonyl (C=O) groups is 4. The zero-order valence-corrected chi connectivity index (χ0v) is 17.0. The molecule has 0 fully saturated rings. The van der Waals surface area contributed by atoms with E-state index in [1.165, 1.54) is 7.11 Å². The van der Waals surface area contributed by atoms with Gasteiger partial charge in [-0.15, -0.1) is 0 Å². The van der Waals surface area contributed by atoms with Gasteiger partial charge in [0.15, 0.2) is 0 Å². The van der Waals surface area contributed by atoms with Crippen LogP contribution in [0.2, 0.25) is 0 Å². The number of nitrogens with two attached hydrogens (primary N) is 1. The molecule has 0 saturated heterocycles.